The molecule has 0 spiro atoms. The van der Waals surface area contributed by atoms with Gasteiger partial charge in [0.15, 0.2) is 0 Å². The molecule has 0 saturated carbocycles. The number of rotatable bonds is 6. The normalized spacial score (nSPS) is 18.8. The van der Waals surface area contributed by atoms with Crippen molar-refractivity contribution in [1.82, 2.24) is 0 Å². The Morgan fingerprint density at radius 3 is 1.75 bits per heavy atom. The molecule has 2 unspecified atom stereocenters. The minimum Gasteiger partial charge on any atom is -0.328 e. The van der Waals surface area contributed by atoms with Gasteiger partial charge in [0.2, 0.25) is 0 Å². The van der Waals surface area contributed by atoms with Crippen molar-refractivity contribution >= 4 is 31.8 Å². The molecule has 2 atom stereocenters. The van der Waals surface area contributed by atoms with E-state index in [-0.39, 0.29) is 0 Å². The average molecular weight is 235 g/mol. The van der Waals surface area contributed by atoms with E-state index in [4.69, 9.17) is 37.1 Å². The topological polar surface area (TPSA) is 38.7 Å². The molecule has 1 N–H and O–H groups in total. The fourth-order valence-corrected chi connectivity index (χ4v) is 1.52. The Balaban J connectivity index is 3.51. The molecule has 0 aromatic rings. The van der Waals surface area contributed by atoms with E-state index in [1.807, 2.05) is 13.8 Å². The zero-order chi connectivity index (χ0) is 9.56. The third kappa shape index (κ3) is 6.41. The molecule has 0 bridgehead atoms. The minimum absolute atomic E-state index is 0.512. The van der Waals surface area contributed by atoms with Gasteiger partial charge >= 0.3 is 8.60 Å². The van der Waals surface area contributed by atoms with E-state index in [9.17, 15) is 0 Å². The van der Waals surface area contributed by atoms with Crippen LogP contribution in [-0.4, -0.2) is 16.0 Å². The highest BCUT2D eigenvalue weighted by atomic mass is 35.5. The molecule has 74 valence electrons. The van der Waals surface area contributed by atoms with Crippen LogP contribution in [-0.2, 0) is 9.05 Å². The predicted octanol–water partition coefficient (Wildman–Crippen LogP) is 3.19. The van der Waals surface area contributed by atoms with Gasteiger partial charge in [-0.3, -0.25) is 9.05 Å². The van der Waals surface area contributed by atoms with Crippen LogP contribution in [0.2, 0.25) is 0 Å². The molecule has 0 aromatic heterocycles. The van der Waals surface area contributed by atoms with E-state index in [1.165, 1.54) is 0 Å². The predicted molar refractivity (Wildman–Crippen MR) is 51.2 cm³/mol. The number of hydrogen-bond acceptors (Lipinski definition) is 3. The standard InChI is InChI=1S/C6H13Cl2O3P/c1-3-5(7)10-12(9)11-6(8)4-2/h5-6,9H,3-4H2,1-2H3. The van der Waals surface area contributed by atoms with Crippen LogP contribution in [0.5, 0.6) is 0 Å². The van der Waals surface area contributed by atoms with E-state index < -0.39 is 19.7 Å². The van der Waals surface area contributed by atoms with Gasteiger partial charge in [0, 0.05) is 0 Å². The summed E-state index contributed by atoms with van der Waals surface area (Å²) in [5.41, 5.74) is -1.02. The van der Waals surface area contributed by atoms with Gasteiger partial charge in [-0.05, 0) is 12.8 Å². The van der Waals surface area contributed by atoms with Crippen LogP contribution in [0, 0.1) is 0 Å². The van der Waals surface area contributed by atoms with E-state index in [0.29, 0.717) is 12.8 Å². The maximum atomic E-state index is 9.10. The fourth-order valence-electron chi connectivity index (χ4n) is 0.370. The fraction of sp³-hybridized carbons (Fsp3) is 1.00. The van der Waals surface area contributed by atoms with Crippen LogP contribution in [0.1, 0.15) is 26.7 Å². The molecule has 0 radical (unpaired) electrons. The Morgan fingerprint density at radius 1 is 1.17 bits per heavy atom. The molecule has 0 aliphatic carbocycles. The lowest BCUT2D eigenvalue weighted by Gasteiger charge is -2.15. The van der Waals surface area contributed by atoms with Crippen molar-refractivity contribution in [3.05, 3.63) is 0 Å². The van der Waals surface area contributed by atoms with Gasteiger partial charge < -0.3 is 4.89 Å². The third-order valence-electron chi connectivity index (χ3n) is 1.05. The first-order valence-electron chi connectivity index (χ1n) is 3.70. The smallest absolute Gasteiger partial charge is 0.328 e. The quantitative estimate of drug-likeness (QED) is 0.567. The summed E-state index contributed by atoms with van der Waals surface area (Å²) in [6.45, 7) is 3.69. The molecule has 3 nitrogen and oxygen atoms in total. The van der Waals surface area contributed by atoms with E-state index in [2.05, 4.69) is 0 Å². The van der Waals surface area contributed by atoms with Gasteiger partial charge in [-0.2, -0.15) is 0 Å². The Labute approximate surface area is 84.0 Å². The molecular formula is C6H13Cl2O3P. The van der Waals surface area contributed by atoms with Crippen molar-refractivity contribution in [2.75, 3.05) is 0 Å². The highest BCUT2D eigenvalue weighted by Crippen LogP contribution is 2.38. The lowest BCUT2D eigenvalue weighted by Crippen LogP contribution is -2.04. The third-order valence-corrected chi connectivity index (χ3v) is 2.96. The first kappa shape index (κ1) is 12.9. The summed E-state index contributed by atoms with van der Waals surface area (Å²) in [6.07, 6.45) is 1.23. The van der Waals surface area contributed by atoms with E-state index in [1.54, 1.807) is 0 Å². The maximum absolute atomic E-state index is 9.10. The van der Waals surface area contributed by atoms with Crippen LogP contribution >= 0.6 is 31.8 Å². The maximum Gasteiger partial charge on any atom is 0.332 e. The molecule has 0 amide bonds. The number of hydrogen-bond donors (Lipinski definition) is 1. The first-order chi connectivity index (χ1) is 5.60. The highest BCUT2D eigenvalue weighted by molar-refractivity contribution is 7.40. The first-order valence-corrected chi connectivity index (χ1v) is 5.71. The van der Waals surface area contributed by atoms with Crippen molar-refractivity contribution in [3.8, 4) is 0 Å². The Morgan fingerprint density at radius 2 is 1.50 bits per heavy atom. The van der Waals surface area contributed by atoms with Crippen LogP contribution < -0.4 is 0 Å². The number of alkyl halides is 2. The van der Waals surface area contributed by atoms with E-state index in [0.717, 1.165) is 0 Å². The van der Waals surface area contributed by atoms with Gasteiger partial charge in [-0.25, -0.2) is 0 Å². The zero-order valence-electron chi connectivity index (χ0n) is 7.04. The summed E-state index contributed by atoms with van der Waals surface area (Å²) in [7, 11) is -1.93. The molecular weight excluding hydrogens is 222 g/mol. The molecule has 0 saturated heterocycles. The Kier molecular flexibility index (Phi) is 7.85. The lowest BCUT2D eigenvalue weighted by molar-refractivity contribution is 0.168. The molecule has 0 aliphatic rings. The minimum atomic E-state index is -1.93. The van der Waals surface area contributed by atoms with Gasteiger partial charge in [0.25, 0.3) is 0 Å². The second kappa shape index (κ2) is 7.31. The van der Waals surface area contributed by atoms with Gasteiger partial charge in [-0.15, -0.1) is 0 Å². The molecule has 0 aromatic carbocycles. The van der Waals surface area contributed by atoms with Crippen molar-refractivity contribution in [2.24, 2.45) is 0 Å². The zero-order valence-corrected chi connectivity index (χ0v) is 9.44. The Bertz CT molecular complexity index is 105. The molecule has 6 heteroatoms. The summed E-state index contributed by atoms with van der Waals surface area (Å²) >= 11 is 11.2. The second-order valence-electron chi connectivity index (χ2n) is 2.09. The Hall–Kier alpha value is 0.890. The van der Waals surface area contributed by atoms with E-state index >= 15 is 0 Å². The SMILES string of the molecule is CCC(Cl)OP(O)OC(Cl)CC. The second-order valence-corrected chi connectivity index (χ2v) is 3.96. The summed E-state index contributed by atoms with van der Waals surface area (Å²) in [4.78, 5) is 9.10. The molecule has 12 heavy (non-hydrogen) atoms. The van der Waals surface area contributed by atoms with Crippen LogP contribution in [0.3, 0.4) is 0 Å². The molecule has 0 heterocycles. The highest BCUT2D eigenvalue weighted by Gasteiger charge is 2.15. The largest absolute Gasteiger partial charge is 0.332 e. The van der Waals surface area contributed by atoms with Crippen molar-refractivity contribution in [2.45, 2.75) is 37.8 Å². The van der Waals surface area contributed by atoms with Crippen molar-refractivity contribution in [1.29, 1.82) is 0 Å². The number of halogens is 2. The summed E-state index contributed by atoms with van der Waals surface area (Å²) in [5.74, 6) is 0. The van der Waals surface area contributed by atoms with Gasteiger partial charge in [0.05, 0.1) is 0 Å². The molecule has 0 rings (SSSR count). The van der Waals surface area contributed by atoms with Crippen LogP contribution in [0.4, 0.5) is 0 Å². The van der Waals surface area contributed by atoms with Crippen molar-refractivity contribution in [3.63, 3.8) is 0 Å². The summed E-state index contributed by atoms with van der Waals surface area (Å²) < 4.78 is 9.70. The average Bonchev–Trinajstić information content (AvgIpc) is 2.03. The monoisotopic (exact) mass is 234 g/mol. The van der Waals surface area contributed by atoms with Crippen molar-refractivity contribution < 1.29 is 13.9 Å². The summed E-state index contributed by atoms with van der Waals surface area (Å²) in [6, 6.07) is 0. The van der Waals surface area contributed by atoms with Crippen LogP contribution in [0.25, 0.3) is 0 Å². The summed E-state index contributed by atoms with van der Waals surface area (Å²) in [5, 5.41) is 0. The van der Waals surface area contributed by atoms with Crippen LogP contribution in [0.15, 0.2) is 0 Å². The molecule has 0 fully saturated rings. The molecule has 0 aliphatic heterocycles. The lowest BCUT2D eigenvalue weighted by atomic mass is 10.5. The van der Waals surface area contributed by atoms with Gasteiger partial charge in [-0.1, -0.05) is 37.0 Å². The van der Waals surface area contributed by atoms with Gasteiger partial charge in [0.1, 0.15) is 11.1 Å².